The van der Waals surface area contributed by atoms with Gasteiger partial charge in [0.2, 0.25) is 0 Å². The molecular formula is C15H21NO2. The zero-order valence-electron chi connectivity index (χ0n) is 10.9. The Balaban J connectivity index is 2.13. The second kappa shape index (κ2) is 6.01. The lowest BCUT2D eigenvalue weighted by Gasteiger charge is -2.35. The SMILES string of the molecule is Cc1cc(C=O)ccc1N1CCCC(CCO)C1. The molecule has 0 aromatic heterocycles. The largest absolute Gasteiger partial charge is 0.396 e. The lowest BCUT2D eigenvalue weighted by molar-refractivity contribution is 0.112. The Morgan fingerprint density at radius 3 is 3.00 bits per heavy atom. The molecule has 98 valence electrons. The van der Waals surface area contributed by atoms with E-state index in [1.807, 2.05) is 18.2 Å². The molecule has 1 aromatic rings. The van der Waals surface area contributed by atoms with E-state index in [4.69, 9.17) is 5.11 Å². The molecule has 1 aromatic carbocycles. The van der Waals surface area contributed by atoms with Crippen LogP contribution in [0, 0.1) is 12.8 Å². The molecule has 1 unspecified atom stereocenters. The van der Waals surface area contributed by atoms with Crippen LogP contribution in [-0.2, 0) is 0 Å². The standard InChI is InChI=1S/C15H21NO2/c1-12-9-14(11-18)4-5-15(12)16-7-2-3-13(10-16)6-8-17/h4-5,9,11,13,17H,2-3,6-8,10H2,1H3. The van der Waals surface area contributed by atoms with Crippen LogP contribution in [0.3, 0.4) is 0 Å². The minimum atomic E-state index is 0.279. The smallest absolute Gasteiger partial charge is 0.150 e. The predicted octanol–water partition coefficient (Wildman–Crippen LogP) is 2.41. The molecule has 3 heteroatoms. The van der Waals surface area contributed by atoms with Crippen molar-refractivity contribution in [3.05, 3.63) is 29.3 Å². The number of hydrogen-bond acceptors (Lipinski definition) is 3. The van der Waals surface area contributed by atoms with Crippen LogP contribution >= 0.6 is 0 Å². The van der Waals surface area contributed by atoms with Crippen LogP contribution in [0.4, 0.5) is 5.69 Å². The molecule has 1 N–H and O–H groups in total. The Bertz CT molecular complexity index is 415. The van der Waals surface area contributed by atoms with Crippen LogP contribution in [-0.4, -0.2) is 31.1 Å². The van der Waals surface area contributed by atoms with Crippen LogP contribution in [0.5, 0.6) is 0 Å². The number of aliphatic hydroxyl groups excluding tert-OH is 1. The first kappa shape index (κ1) is 13.1. The van der Waals surface area contributed by atoms with Crippen LogP contribution in [0.1, 0.15) is 35.2 Å². The normalized spacial score (nSPS) is 19.9. The van der Waals surface area contributed by atoms with E-state index in [0.29, 0.717) is 5.92 Å². The van der Waals surface area contributed by atoms with Gasteiger partial charge in [0, 0.05) is 30.9 Å². The minimum absolute atomic E-state index is 0.279. The van der Waals surface area contributed by atoms with E-state index in [1.165, 1.54) is 18.5 Å². The van der Waals surface area contributed by atoms with E-state index in [1.54, 1.807) is 0 Å². The topological polar surface area (TPSA) is 40.5 Å². The first-order valence-electron chi connectivity index (χ1n) is 6.66. The molecule has 1 fully saturated rings. The molecule has 2 rings (SSSR count). The van der Waals surface area contributed by atoms with Gasteiger partial charge in [-0.1, -0.05) is 0 Å². The van der Waals surface area contributed by atoms with Crippen molar-refractivity contribution in [1.29, 1.82) is 0 Å². The van der Waals surface area contributed by atoms with Gasteiger partial charge in [-0.2, -0.15) is 0 Å². The Hall–Kier alpha value is -1.35. The van der Waals surface area contributed by atoms with Crippen molar-refractivity contribution < 1.29 is 9.90 Å². The van der Waals surface area contributed by atoms with Gasteiger partial charge in [0.1, 0.15) is 6.29 Å². The van der Waals surface area contributed by atoms with Crippen molar-refractivity contribution in [3.8, 4) is 0 Å². The van der Waals surface area contributed by atoms with Crippen LogP contribution in [0.15, 0.2) is 18.2 Å². The Labute approximate surface area is 108 Å². The molecule has 0 aliphatic carbocycles. The number of benzene rings is 1. The number of carbonyl (C=O) groups excluding carboxylic acids is 1. The number of aryl methyl sites for hydroxylation is 1. The van der Waals surface area contributed by atoms with Crippen molar-refractivity contribution in [1.82, 2.24) is 0 Å². The molecule has 1 aliphatic rings. The van der Waals surface area contributed by atoms with Crippen molar-refractivity contribution >= 4 is 12.0 Å². The van der Waals surface area contributed by atoms with E-state index in [2.05, 4.69) is 11.8 Å². The van der Waals surface area contributed by atoms with Crippen molar-refractivity contribution in [2.75, 3.05) is 24.6 Å². The van der Waals surface area contributed by atoms with Gasteiger partial charge in [-0.05, 0) is 55.9 Å². The van der Waals surface area contributed by atoms with Gasteiger partial charge in [-0.15, -0.1) is 0 Å². The maximum atomic E-state index is 10.7. The highest BCUT2D eigenvalue weighted by molar-refractivity contribution is 5.77. The molecule has 1 heterocycles. The molecule has 3 nitrogen and oxygen atoms in total. The number of nitrogens with zero attached hydrogens (tertiary/aromatic N) is 1. The third-order valence-corrected chi connectivity index (χ3v) is 3.75. The summed E-state index contributed by atoms with van der Waals surface area (Å²) >= 11 is 0. The third kappa shape index (κ3) is 2.91. The van der Waals surface area contributed by atoms with E-state index in [9.17, 15) is 4.79 Å². The summed E-state index contributed by atoms with van der Waals surface area (Å²) in [5.74, 6) is 0.592. The molecule has 0 bridgehead atoms. The van der Waals surface area contributed by atoms with E-state index in [-0.39, 0.29) is 6.61 Å². The molecule has 0 saturated carbocycles. The Morgan fingerprint density at radius 2 is 2.33 bits per heavy atom. The second-order valence-corrected chi connectivity index (χ2v) is 5.13. The summed E-state index contributed by atoms with van der Waals surface area (Å²) in [4.78, 5) is 13.1. The monoisotopic (exact) mass is 247 g/mol. The summed E-state index contributed by atoms with van der Waals surface area (Å²) in [5.41, 5.74) is 3.12. The van der Waals surface area contributed by atoms with Crippen molar-refractivity contribution in [3.63, 3.8) is 0 Å². The fraction of sp³-hybridized carbons (Fsp3) is 0.533. The summed E-state index contributed by atoms with van der Waals surface area (Å²) in [6.07, 6.45) is 4.17. The minimum Gasteiger partial charge on any atom is -0.396 e. The number of aliphatic hydroxyl groups is 1. The first-order valence-corrected chi connectivity index (χ1v) is 6.66. The first-order chi connectivity index (χ1) is 8.74. The number of hydrogen-bond donors (Lipinski definition) is 1. The van der Waals surface area contributed by atoms with Crippen LogP contribution in [0.25, 0.3) is 0 Å². The maximum Gasteiger partial charge on any atom is 0.150 e. The van der Waals surface area contributed by atoms with E-state index >= 15 is 0 Å². The van der Waals surface area contributed by atoms with Gasteiger partial charge in [-0.3, -0.25) is 4.79 Å². The fourth-order valence-electron chi connectivity index (χ4n) is 2.81. The average molecular weight is 247 g/mol. The highest BCUT2D eigenvalue weighted by Gasteiger charge is 2.20. The molecule has 1 saturated heterocycles. The second-order valence-electron chi connectivity index (χ2n) is 5.13. The van der Waals surface area contributed by atoms with Gasteiger partial charge < -0.3 is 10.0 Å². The molecular weight excluding hydrogens is 226 g/mol. The Kier molecular flexibility index (Phi) is 4.37. The number of carbonyl (C=O) groups is 1. The summed E-state index contributed by atoms with van der Waals surface area (Å²) in [7, 11) is 0. The molecule has 0 spiro atoms. The predicted molar refractivity (Wildman–Crippen MR) is 73.2 cm³/mol. The third-order valence-electron chi connectivity index (χ3n) is 3.75. The highest BCUT2D eigenvalue weighted by Crippen LogP contribution is 2.27. The molecule has 0 amide bonds. The quantitative estimate of drug-likeness (QED) is 0.831. The number of piperidine rings is 1. The van der Waals surface area contributed by atoms with Gasteiger partial charge in [0.15, 0.2) is 0 Å². The number of aldehydes is 1. The lowest BCUT2D eigenvalue weighted by Crippen LogP contribution is -2.36. The van der Waals surface area contributed by atoms with Gasteiger partial charge in [-0.25, -0.2) is 0 Å². The fourth-order valence-corrected chi connectivity index (χ4v) is 2.81. The lowest BCUT2D eigenvalue weighted by atomic mass is 9.94. The van der Waals surface area contributed by atoms with Gasteiger partial charge in [0.25, 0.3) is 0 Å². The van der Waals surface area contributed by atoms with Crippen LogP contribution < -0.4 is 4.90 Å². The zero-order valence-corrected chi connectivity index (χ0v) is 10.9. The van der Waals surface area contributed by atoms with E-state index in [0.717, 1.165) is 36.9 Å². The summed E-state index contributed by atoms with van der Waals surface area (Å²) < 4.78 is 0. The van der Waals surface area contributed by atoms with Gasteiger partial charge in [0.05, 0.1) is 0 Å². The zero-order chi connectivity index (χ0) is 13.0. The number of rotatable bonds is 4. The summed E-state index contributed by atoms with van der Waals surface area (Å²) in [5, 5.41) is 9.04. The number of anilines is 1. The van der Waals surface area contributed by atoms with Gasteiger partial charge >= 0.3 is 0 Å². The summed E-state index contributed by atoms with van der Waals surface area (Å²) in [6, 6.07) is 5.86. The van der Waals surface area contributed by atoms with Crippen LogP contribution in [0.2, 0.25) is 0 Å². The molecule has 18 heavy (non-hydrogen) atoms. The van der Waals surface area contributed by atoms with E-state index < -0.39 is 0 Å². The molecule has 0 radical (unpaired) electrons. The van der Waals surface area contributed by atoms with Crippen molar-refractivity contribution in [2.24, 2.45) is 5.92 Å². The summed E-state index contributed by atoms with van der Waals surface area (Å²) in [6.45, 7) is 4.42. The molecule has 1 aliphatic heterocycles. The molecule has 1 atom stereocenters. The highest BCUT2D eigenvalue weighted by atomic mass is 16.3. The maximum absolute atomic E-state index is 10.7. The van der Waals surface area contributed by atoms with Crippen molar-refractivity contribution in [2.45, 2.75) is 26.2 Å². The average Bonchev–Trinajstić information content (AvgIpc) is 2.39. The Morgan fingerprint density at radius 1 is 1.50 bits per heavy atom.